The van der Waals surface area contributed by atoms with E-state index in [1.807, 2.05) is 12.1 Å². The average molecular weight is 357 g/mol. The van der Waals surface area contributed by atoms with Crippen LogP contribution in [0, 0.1) is 5.82 Å². The van der Waals surface area contributed by atoms with E-state index in [-0.39, 0.29) is 5.82 Å². The fourth-order valence-corrected chi connectivity index (χ4v) is 4.34. The molecule has 4 rings (SSSR count). The molecular weight excluding hydrogens is 329 g/mol. The molecule has 2 fully saturated rings. The van der Waals surface area contributed by atoms with E-state index in [0.717, 1.165) is 30.9 Å². The van der Waals surface area contributed by atoms with Crippen molar-refractivity contribution >= 4 is 5.69 Å². The fourth-order valence-electron chi connectivity index (χ4n) is 4.34. The summed E-state index contributed by atoms with van der Waals surface area (Å²) in [6, 6.07) is 6.33. The highest BCUT2D eigenvalue weighted by Gasteiger charge is 2.32. The largest absolute Gasteiger partial charge is 0.366 e. The van der Waals surface area contributed by atoms with E-state index >= 15 is 0 Å². The molecule has 5 nitrogen and oxygen atoms in total. The molecule has 0 spiro atoms. The van der Waals surface area contributed by atoms with Crippen LogP contribution in [0.4, 0.5) is 10.1 Å². The molecule has 2 aliphatic rings. The van der Waals surface area contributed by atoms with Crippen molar-refractivity contribution in [1.82, 2.24) is 20.0 Å². The van der Waals surface area contributed by atoms with Gasteiger partial charge >= 0.3 is 0 Å². The zero-order valence-electron chi connectivity index (χ0n) is 15.7. The lowest BCUT2D eigenvalue weighted by molar-refractivity contribution is 0.0654. The second-order valence-electron chi connectivity index (χ2n) is 7.74. The summed E-state index contributed by atoms with van der Waals surface area (Å²) in [7, 11) is 0. The maximum atomic E-state index is 14.8. The molecule has 2 unspecified atom stereocenters. The second kappa shape index (κ2) is 7.37. The summed E-state index contributed by atoms with van der Waals surface area (Å²) in [5, 5.41) is 6.72. The Morgan fingerprint density at radius 1 is 1.12 bits per heavy atom. The SMILES string of the molecule is CC1CN(c2ccc(-c3cn[nH]c3)cc2F)CC(C)N1CN1CCCC1. The molecule has 1 aromatic carbocycles. The Hall–Kier alpha value is -1.92. The number of likely N-dealkylation sites (tertiary alicyclic amines) is 1. The van der Waals surface area contributed by atoms with Crippen molar-refractivity contribution in [3.63, 3.8) is 0 Å². The van der Waals surface area contributed by atoms with E-state index in [2.05, 4.69) is 38.7 Å². The average Bonchev–Trinajstić information content (AvgIpc) is 3.31. The predicted octanol–water partition coefficient (Wildman–Crippen LogP) is 3.17. The Bertz CT molecular complexity index is 714. The van der Waals surface area contributed by atoms with Crippen LogP contribution < -0.4 is 4.90 Å². The molecule has 6 heteroatoms. The molecule has 2 atom stereocenters. The summed E-state index contributed by atoms with van der Waals surface area (Å²) in [5.74, 6) is -0.156. The molecule has 26 heavy (non-hydrogen) atoms. The van der Waals surface area contributed by atoms with Crippen LogP contribution in [-0.4, -0.2) is 64.9 Å². The van der Waals surface area contributed by atoms with Crippen molar-refractivity contribution < 1.29 is 4.39 Å². The molecule has 3 heterocycles. The van der Waals surface area contributed by atoms with Crippen molar-refractivity contribution in [2.24, 2.45) is 0 Å². The van der Waals surface area contributed by atoms with Crippen LogP contribution in [0.5, 0.6) is 0 Å². The third kappa shape index (κ3) is 3.48. The third-order valence-electron chi connectivity index (χ3n) is 5.78. The molecule has 2 aliphatic heterocycles. The Balaban J connectivity index is 1.47. The lowest BCUT2D eigenvalue weighted by Crippen LogP contribution is -2.59. The first-order valence-corrected chi connectivity index (χ1v) is 9.63. The van der Waals surface area contributed by atoms with Gasteiger partial charge in [0.25, 0.3) is 0 Å². The van der Waals surface area contributed by atoms with Gasteiger partial charge in [-0.1, -0.05) is 6.07 Å². The number of anilines is 1. The Labute approximate surface area is 154 Å². The number of rotatable bonds is 4. The minimum Gasteiger partial charge on any atom is -0.366 e. The van der Waals surface area contributed by atoms with Crippen LogP contribution in [0.3, 0.4) is 0 Å². The number of hydrogen-bond acceptors (Lipinski definition) is 4. The summed E-state index contributed by atoms with van der Waals surface area (Å²) in [6.07, 6.45) is 6.14. The van der Waals surface area contributed by atoms with Gasteiger partial charge in [0, 0.05) is 36.9 Å². The van der Waals surface area contributed by atoms with Crippen LogP contribution in [0.25, 0.3) is 11.1 Å². The number of nitrogens with one attached hydrogen (secondary N) is 1. The van der Waals surface area contributed by atoms with Gasteiger partial charge in [-0.2, -0.15) is 5.10 Å². The molecule has 0 bridgehead atoms. The number of piperazine rings is 1. The molecule has 1 N–H and O–H groups in total. The minimum atomic E-state index is -0.156. The monoisotopic (exact) mass is 357 g/mol. The number of halogens is 1. The lowest BCUT2D eigenvalue weighted by Gasteiger charge is -2.46. The molecular formula is C20H28FN5. The van der Waals surface area contributed by atoms with Crippen LogP contribution >= 0.6 is 0 Å². The van der Waals surface area contributed by atoms with E-state index in [0.29, 0.717) is 17.8 Å². The molecule has 0 radical (unpaired) electrons. The Morgan fingerprint density at radius 2 is 1.85 bits per heavy atom. The van der Waals surface area contributed by atoms with Crippen molar-refractivity contribution in [2.75, 3.05) is 37.7 Å². The van der Waals surface area contributed by atoms with Gasteiger partial charge in [0.2, 0.25) is 0 Å². The third-order valence-corrected chi connectivity index (χ3v) is 5.78. The van der Waals surface area contributed by atoms with Crippen LogP contribution in [0.15, 0.2) is 30.6 Å². The topological polar surface area (TPSA) is 38.4 Å². The van der Waals surface area contributed by atoms with Gasteiger partial charge in [-0.15, -0.1) is 0 Å². The highest BCUT2D eigenvalue weighted by atomic mass is 19.1. The van der Waals surface area contributed by atoms with Gasteiger partial charge in [-0.25, -0.2) is 4.39 Å². The quantitative estimate of drug-likeness (QED) is 0.912. The summed E-state index contributed by atoms with van der Waals surface area (Å²) >= 11 is 0. The highest BCUT2D eigenvalue weighted by Crippen LogP contribution is 2.29. The van der Waals surface area contributed by atoms with E-state index < -0.39 is 0 Å². The van der Waals surface area contributed by atoms with Gasteiger partial charge in [0.15, 0.2) is 0 Å². The first kappa shape index (κ1) is 17.5. The van der Waals surface area contributed by atoms with E-state index in [1.165, 1.54) is 25.9 Å². The number of H-pyrrole nitrogens is 1. The fraction of sp³-hybridized carbons (Fsp3) is 0.550. The summed E-state index contributed by atoms with van der Waals surface area (Å²) in [5.41, 5.74) is 2.47. The minimum absolute atomic E-state index is 0.156. The van der Waals surface area contributed by atoms with Gasteiger partial charge in [0.1, 0.15) is 5.82 Å². The molecule has 0 aliphatic carbocycles. The van der Waals surface area contributed by atoms with E-state index in [1.54, 1.807) is 18.5 Å². The second-order valence-corrected chi connectivity index (χ2v) is 7.74. The maximum absolute atomic E-state index is 14.8. The molecule has 0 amide bonds. The van der Waals surface area contributed by atoms with Crippen LogP contribution in [0.1, 0.15) is 26.7 Å². The van der Waals surface area contributed by atoms with Crippen molar-refractivity contribution in [2.45, 2.75) is 38.8 Å². The smallest absolute Gasteiger partial charge is 0.147 e. The van der Waals surface area contributed by atoms with Crippen molar-refractivity contribution in [3.8, 4) is 11.1 Å². The highest BCUT2D eigenvalue weighted by molar-refractivity contribution is 5.65. The predicted molar refractivity (Wildman–Crippen MR) is 103 cm³/mol. The lowest BCUT2D eigenvalue weighted by atomic mass is 10.1. The van der Waals surface area contributed by atoms with E-state index in [9.17, 15) is 4.39 Å². The van der Waals surface area contributed by atoms with Gasteiger partial charge in [-0.05, 0) is 57.5 Å². The summed E-state index contributed by atoms with van der Waals surface area (Å²) in [6.45, 7) is 9.71. The van der Waals surface area contributed by atoms with Gasteiger partial charge in [0.05, 0.1) is 18.6 Å². The summed E-state index contributed by atoms with van der Waals surface area (Å²) in [4.78, 5) is 7.31. The molecule has 2 aromatic rings. The van der Waals surface area contributed by atoms with E-state index in [4.69, 9.17) is 0 Å². The van der Waals surface area contributed by atoms with Gasteiger partial charge < -0.3 is 4.90 Å². The zero-order valence-corrected chi connectivity index (χ0v) is 15.7. The van der Waals surface area contributed by atoms with Crippen LogP contribution in [0.2, 0.25) is 0 Å². The zero-order chi connectivity index (χ0) is 18.1. The first-order chi connectivity index (χ1) is 12.6. The van der Waals surface area contributed by atoms with Crippen LogP contribution in [-0.2, 0) is 0 Å². The normalized spacial score (nSPS) is 25.1. The number of aromatic amines is 1. The molecule has 0 saturated carbocycles. The Kier molecular flexibility index (Phi) is 4.96. The molecule has 1 aromatic heterocycles. The first-order valence-electron chi connectivity index (χ1n) is 9.63. The number of benzene rings is 1. The van der Waals surface area contributed by atoms with Crippen molar-refractivity contribution in [1.29, 1.82) is 0 Å². The van der Waals surface area contributed by atoms with Crippen molar-refractivity contribution in [3.05, 3.63) is 36.4 Å². The summed E-state index contributed by atoms with van der Waals surface area (Å²) < 4.78 is 14.8. The number of aromatic nitrogens is 2. The molecule has 2 saturated heterocycles. The maximum Gasteiger partial charge on any atom is 0.147 e. The van der Waals surface area contributed by atoms with Gasteiger partial charge in [-0.3, -0.25) is 14.9 Å². The number of nitrogens with zero attached hydrogens (tertiary/aromatic N) is 4. The number of hydrogen-bond donors (Lipinski definition) is 1. The Morgan fingerprint density at radius 3 is 2.46 bits per heavy atom. The molecule has 140 valence electrons. The standard InChI is InChI=1S/C20H28FN5/c1-15-12-25(13-16(2)26(15)14-24-7-3-4-8-24)20-6-5-17(9-19(20)21)18-10-22-23-11-18/h5-6,9-11,15-16H,3-4,7-8,12-14H2,1-2H3,(H,22,23).